The smallest absolute Gasteiger partial charge is 0.319 e. The summed E-state index contributed by atoms with van der Waals surface area (Å²) in [6.45, 7) is 0. The van der Waals surface area contributed by atoms with Crippen LogP contribution >= 0.6 is 23.2 Å². The highest BCUT2D eigenvalue weighted by Crippen LogP contribution is 2.20. The van der Waals surface area contributed by atoms with Crippen LogP contribution in [0.4, 0.5) is 4.79 Å². The Kier molecular flexibility index (Phi) is 3.33. The second-order valence-electron chi connectivity index (χ2n) is 2.44. The highest BCUT2D eigenvalue weighted by Gasteiger charge is 2.11. The van der Waals surface area contributed by atoms with Crippen LogP contribution in [0.5, 0.6) is 0 Å². The lowest BCUT2D eigenvalue weighted by molar-refractivity contribution is 0.0966. The molecule has 0 aliphatic carbocycles. The number of hydrogen-bond donors (Lipinski definition) is 2. The molecule has 3 N–H and O–H groups in total. The topological polar surface area (TPSA) is 72.2 Å². The predicted molar refractivity (Wildman–Crippen MR) is 53.5 cm³/mol. The van der Waals surface area contributed by atoms with E-state index in [1.807, 2.05) is 5.32 Å². The summed E-state index contributed by atoms with van der Waals surface area (Å²) in [7, 11) is 0. The fourth-order valence-corrected chi connectivity index (χ4v) is 1.23. The molecule has 0 unspecified atom stereocenters. The molecule has 3 amide bonds. The van der Waals surface area contributed by atoms with Crippen molar-refractivity contribution in [1.82, 2.24) is 5.32 Å². The van der Waals surface area contributed by atoms with Gasteiger partial charge in [0.1, 0.15) is 0 Å². The average Bonchev–Trinajstić information content (AvgIpc) is 2.08. The Bertz CT molecular complexity index is 393. The van der Waals surface area contributed by atoms with Gasteiger partial charge in [0.05, 0.1) is 10.6 Å². The summed E-state index contributed by atoms with van der Waals surface area (Å²) in [5, 5.41) is 2.44. The summed E-state index contributed by atoms with van der Waals surface area (Å²) in [5.74, 6) is -0.676. The predicted octanol–water partition coefficient (Wildman–Crippen LogP) is 1.80. The number of nitrogens with two attached hydrogens (primary N) is 1. The number of urea groups is 1. The number of rotatable bonds is 1. The minimum Gasteiger partial charge on any atom is -0.351 e. The number of imide groups is 1. The summed E-state index contributed by atoms with van der Waals surface area (Å²) < 4.78 is 0. The molecule has 0 fully saturated rings. The van der Waals surface area contributed by atoms with E-state index in [-0.39, 0.29) is 10.6 Å². The normalized spacial score (nSPS) is 9.57. The van der Waals surface area contributed by atoms with Gasteiger partial charge in [0.2, 0.25) is 0 Å². The number of hydrogen-bond acceptors (Lipinski definition) is 2. The minimum atomic E-state index is -0.939. The third-order valence-electron chi connectivity index (χ3n) is 1.41. The highest BCUT2D eigenvalue weighted by molar-refractivity contribution is 6.36. The number of carbonyl (C=O) groups is 2. The van der Waals surface area contributed by atoms with Gasteiger partial charge >= 0.3 is 6.03 Å². The van der Waals surface area contributed by atoms with Crippen LogP contribution in [-0.2, 0) is 0 Å². The van der Waals surface area contributed by atoms with Crippen LogP contribution in [0.2, 0.25) is 10.0 Å². The molecule has 0 atom stereocenters. The zero-order chi connectivity index (χ0) is 10.7. The molecule has 0 bridgehead atoms. The van der Waals surface area contributed by atoms with Crippen molar-refractivity contribution in [3.05, 3.63) is 33.8 Å². The Morgan fingerprint density at radius 3 is 2.50 bits per heavy atom. The van der Waals surface area contributed by atoms with Gasteiger partial charge in [-0.05, 0) is 18.2 Å². The Morgan fingerprint density at radius 1 is 1.29 bits per heavy atom. The van der Waals surface area contributed by atoms with Crippen molar-refractivity contribution >= 4 is 35.1 Å². The second kappa shape index (κ2) is 4.30. The van der Waals surface area contributed by atoms with Gasteiger partial charge in [-0.25, -0.2) is 4.79 Å². The van der Waals surface area contributed by atoms with Gasteiger partial charge in [-0.2, -0.15) is 0 Å². The molecular formula is C8H6Cl2N2O2. The fraction of sp³-hybridized carbons (Fsp3) is 0. The number of carbonyl (C=O) groups excluding carboxylic acids is 2. The van der Waals surface area contributed by atoms with E-state index in [4.69, 9.17) is 28.9 Å². The van der Waals surface area contributed by atoms with Crippen LogP contribution in [0, 0.1) is 0 Å². The van der Waals surface area contributed by atoms with Crippen molar-refractivity contribution in [2.45, 2.75) is 0 Å². The van der Waals surface area contributed by atoms with Crippen molar-refractivity contribution in [1.29, 1.82) is 0 Å². The molecule has 0 aromatic heterocycles. The zero-order valence-corrected chi connectivity index (χ0v) is 8.39. The maximum absolute atomic E-state index is 11.3. The summed E-state index contributed by atoms with van der Waals surface area (Å²) in [5.41, 5.74) is 4.88. The number of halogens is 2. The van der Waals surface area contributed by atoms with Crippen molar-refractivity contribution in [3.63, 3.8) is 0 Å². The van der Waals surface area contributed by atoms with Gasteiger partial charge in [0, 0.05) is 5.02 Å². The van der Waals surface area contributed by atoms with E-state index in [0.29, 0.717) is 5.02 Å². The molecule has 0 spiro atoms. The summed E-state index contributed by atoms with van der Waals surface area (Å²) in [4.78, 5) is 21.7. The number of primary amides is 1. The maximum atomic E-state index is 11.3. The van der Waals surface area contributed by atoms with Crippen LogP contribution in [0.3, 0.4) is 0 Å². The third-order valence-corrected chi connectivity index (χ3v) is 1.97. The van der Waals surface area contributed by atoms with Crippen LogP contribution in [-0.4, -0.2) is 11.9 Å². The zero-order valence-electron chi connectivity index (χ0n) is 6.88. The third kappa shape index (κ3) is 2.61. The molecule has 74 valence electrons. The van der Waals surface area contributed by atoms with Gasteiger partial charge in [-0.3, -0.25) is 10.1 Å². The Hall–Kier alpha value is -1.26. The van der Waals surface area contributed by atoms with Crippen LogP contribution < -0.4 is 11.1 Å². The number of amides is 3. The monoisotopic (exact) mass is 232 g/mol. The van der Waals surface area contributed by atoms with Crippen molar-refractivity contribution < 1.29 is 9.59 Å². The molecule has 0 saturated heterocycles. The van der Waals surface area contributed by atoms with E-state index in [1.54, 1.807) is 0 Å². The molecule has 6 heteroatoms. The summed E-state index contributed by atoms with van der Waals surface area (Å²) in [6, 6.07) is 3.40. The van der Waals surface area contributed by atoms with E-state index < -0.39 is 11.9 Å². The van der Waals surface area contributed by atoms with Crippen LogP contribution in [0.25, 0.3) is 0 Å². The van der Waals surface area contributed by atoms with Crippen LogP contribution in [0.15, 0.2) is 18.2 Å². The Morgan fingerprint density at radius 2 is 1.93 bits per heavy atom. The molecule has 1 rings (SSSR count). The molecule has 0 saturated carbocycles. The molecule has 0 radical (unpaired) electrons. The van der Waals surface area contributed by atoms with E-state index in [9.17, 15) is 9.59 Å². The van der Waals surface area contributed by atoms with E-state index in [2.05, 4.69) is 0 Å². The lowest BCUT2D eigenvalue weighted by Gasteiger charge is -2.03. The maximum Gasteiger partial charge on any atom is 0.319 e. The van der Waals surface area contributed by atoms with Crippen molar-refractivity contribution in [3.8, 4) is 0 Å². The average molecular weight is 233 g/mol. The molecule has 1 aromatic carbocycles. The summed E-state index contributed by atoms with van der Waals surface area (Å²) >= 11 is 11.3. The van der Waals surface area contributed by atoms with Crippen molar-refractivity contribution in [2.24, 2.45) is 5.73 Å². The first kappa shape index (κ1) is 10.8. The van der Waals surface area contributed by atoms with Gasteiger partial charge in [-0.15, -0.1) is 0 Å². The van der Waals surface area contributed by atoms with Crippen LogP contribution in [0.1, 0.15) is 10.4 Å². The molecule has 0 aliphatic rings. The molecular weight excluding hydrogens is 227 g/mol. The largest absolute Gasteiger partial charge is 0.351 e. The fourth-order valence-electron chi connectivity index (χ4n) is 0.851. The minimum absolute atomic E-state index is 0.109. The first-order valence-electron chi connectivity index (χ1n) is 3.56. The van der Waals surface area contributed by atoms with Gasteiger partial charge in [-0.1, -0.05) is 23.2 Å². The van der Waals surface area contributed by atoms with Gasteiger partial charge in [0.25, 0.3) is 5.91 Å². The SMILES string of the molecule is NC(=O)NC(=O)c1cc(Cl)ccc1Cl. The number of benzene rings is 1. The highest BCUT2D eigenvalue weighted by atomic mass is 35.5. The summed E-state index contributed by atoms with van der Waals surface area (Å²) in [6.07, 6.45) is 0. The lowest BCUT2D eigenvalue weighted by Crippen LogP contribution is -2.35. The van der Waals surface area contributed by atoms with E-state index >= 15 is 0 Å². The quantitative estimate of drug-likeness (QED) is 0.776. The molecule has 0 heterocycles. The molecule has 4 nitrogen and oxygen atoms in total. The first-order valence-corrected chi connectivity index (χ1v) is 4.32. The molecule has 1 aromatic rings. The van der Waals surface area contributed by atoms with E-state index in [1.165, 1.54) is 18.2 Å². The van der Waals surface area contributed by atoms with Gasteiger partial charge in [0.15, 0.2) is 0 Å². The standard InChI is InChI=1S/C8H6Cl2N2O2/c9-4-1-2-6(10)5(3-4)7(13)12-8(11)14/h1-3H,(H3,11,12,13,14). The number of nitrogens with one attached hydrogen (secondary N) is 1. The second-order valence-corrected chi connectivity index (χ2v) is 3.29. The first-order chi connectivity index (χ1) is 6.50. The Balaban J connectivity index is 3.00. The molecule has 0 aliphatic heterocycles. The van der Waals surface area contributed by atoms with Crippen molar-refractivity contribution in [2.75, 3.05) is 0 Å². The van der Waals surface area contributed by atoms with Gasteiger partial charge < -0.3 is 5.73 Å². The lowest BCUT2D eigenvalue weighted by atomic mass is 10.2. The molecule has 14 heavy (non-hydrogen) atoms. The Labute approximate surface area is 90.0 Å². The van der Waals surface area contributed by atoms with E-state index in [0.717, 1.165) is 0 Å².